The van der Waals surface area contributed by atoms with Gasteiger partial charge in [0, 0.05) is 11.4 Å². The third kappa shape index (κ3) is 3.08. The van der Waals surface area contributed by atoms with E-state index in [9.17, 15) is 12.8 Å². The molecule has 0 aliphatic heterocycles. The molecule has 2 aromatic carbocycles. The van der Waals surface area contributed by atoms with Crippen LogP contribution in [0, 0.1) is 5.82 Å². The quantitative estimate of drug-likeness (QED) is 0.852. The fourth-order valence-corrected chi connectivity index (χ4v) is 2.89. The van der Waals surface area contributed by atoms with Crippen molar-refractivity contribution in [2.24, 2.45) is 0 Å². The molecule has 0 heterocycles. The normalized spacial score (nSPS) is 11.3. The van der Waals surface area contributed by atoms with Crippen LogP contribution in [0.1, 0.15) is 12.5 Å². The number of sulfonamides is 1. The molecule has 0 spiro atoms. The maximum atomic E-state index is 12.8. The summed E-state index contributed by atoms with van der Waals surface area (Å²) < 4.78 is 39.5. The zero-order valence-electron chi connectivity index (χ0n) is 10.9. The van der Waals surface area contributed by atoms with Crippen LogP contribution in [0.4, 0.5) is 15.8 Å². The molecular formula is C14H15FN2O2S. The van der Waals surface area contributed by atoms with Gasteiger partial charge in [0.15, 0.2) is 0 Å². The molecule has 0 aromatic heterocycles. The Morgan fingerprint density at radius 1 is 1.15 bits per heavy atom. The molecule has 0 saturated carbocycles. The van der Waals surface area contributed by atoms with Gasteiger partial charge in [-0.05, 0) is 48.4 Å². The van der Waals surface area contributed by atoms with Crippen LogP contribution in [0.15, 0.2) is 47.4 Å². The van der Waals surface area contributed by atoms with Gasteiger partial charge in [0.05, 0.1) is 4.90 Å². The summed E-state index contributed by atoms with van der Waals surface area (Å²) in [4.78, 5) is 0.0801. The molecule has 2 aromatic rings. The van der Waals surface area contributed by atoms with Crippen molar-refractivity contribution in [1.29, 1.82) is 0 Å². The number of halogens is 1. The van der Waals surface area contributed by atoms with Crippen LogP contribution in [0.25, 0.3) is 0 Å². The molecule has 0 unspecified atom stereocenters. The number of rotatable bonds is 4. The second kappa shape index (κ2) is 5.50. The Hall–Kier alpha value is -2.08. The first kappa shape index (κ1) is 14.3. The smallest absolute Gasteiger partial charge is 0.261 e. The van der Waals surface area contributed by atoms with Crippen molar-refractivity contribution in [3.63, 3.8) is 0 Å². The number of aryl methyl sites for hydroxylation is 1. The average Bonchev–Trinajstić information content (AvgIpc) is 2.41. The van der Waals surface area contributed by atoms with Crippen LogP contribution in [0.5, 0.6) is 0 Å². The van der Waals surface area contributed by atoms with Gasteiger partial charge in [-0.3, -0.25) is 4.72 Å². The second-order valence-corrected chi connectivity index (χ2v) is 6.01. The molecule has 0 atom stereocenters. The molecule has 20 heavy (non-hydrogen) atoms. The van der Waals surface area contributed by atoms with Gasteiger partial charge < -0.3 is 5.73 Å². The number of nitrogens with one attached hydrogen (secondary N) is 1. The van der Waals surface area contributed by atoms with Crippen LogP contribution < -0.4 is 10.5 Å². The first-order valence-corrected chi connectivity index (χ1v) is 7.57. The van der Waals surface area contributed by atoms with E-state index in [1.54, 1.807) is 6.07 Å². The summed E-state index contributed by atoms with van der Waals surface area (Å²) in [5.41, 5.74) is 7.43. The highest BCUT2D eigenvalue weighted by Gasteiger charge is 2.15. The van der Waals surface area contributed by atoms with E-state index < -0.39 is 15.8 Å². The minimum absolute atomic E-state index is 0.0801. The van der Waals surface area contributed by atoms with Gasteiger partial charge in [0.1, 0.15) is 5.82 Å². The Balaban J connectivity index is 2.30. The molecule has 6 heteroatoms. The molecule has 106 valence electrons. The zero-order chi connectivity index (χ0) is 14.8. The summed E-state index contributed by atoms with van der Waals surface area (Å²) in [5, 5.41) is 0. The van der Waals surface area contributed by atoms with Gasteiger partial charge in [-0.2, -0.15) is 0 Å². The highest BCUT2D eigenvalue weighted by atomic mass is 32.2. The summed E-state index contributed by atoms with van der Waals surface area (Å²) in [6.07, 6.45) is 0.734. The highest BCUT2D eigenvalue weighted by Crippen LogP contribution is 2.21. The number of benzene rings is 2. The molecule has 0 aliphatic rings. The molecule has 0 amide bonds. The Morgan fingerprint density at radius 2 is 1.80 bits per heavy atom. The second-order valence-electron chi connectivity index (χ2n) is 4.33. The average molecular weight is 294 g/mol. The van der Waals surface area contributed by atoms with Crippen molar-refractivity contribution >= 4 is 21.4 Å². The van der Waals surface area contributed by atoms with E-state index in [0.29, 0.717) is 11.4 Å². The lowest BCUT2D eigenvalue weighted by Gasteiger charge is -2.10. The van der Waals surface area contributed by atoms with Gasteiger partial charge in [-0.25, -0.2) is 12.8 Å². The molecular weight excluding hydrogens is 279 g/mol. The molecule has 4 nitrogen and oxygen atoms in total. The van der Waals surface area contributed by atoms with E-state index in [1.165, 1.54) is 36.4 Å². The van der Waals surface area contributed by atoms with E-state index in [2.05, 4.69) is 4.72 Å². The molecule has 0 aliphatic carbocycles. The van der Waals surface area contributed by atoms with Gasteiger partial charge in [-0.1, -0.05) is 13.0 Å². The number of nitrogen functional groups attached to an aromatic ring is 1. The van der Waals surface area contributed by atoms with E-state index in [0.717, 1.165) is 12.0 Å². The monoisotopic (exact) mass is 294 g/mol. The van der Waals surface area contributed by atoms with Gasteiger partial charge in [0.2, 0.25) is 0 Å². The summed E-state index contributed by atoms with van der Waals surface area (Å²) >= 11 is 0. The van der Waals surface area contributed by atoms with Crippen molar-refractivity contribution in [2.45, 2.75) is 18.2 Å². The minimum atomic E-state index is -3.73. The number of nitrogens with two attached hydrogens (primary N) is 1. The van der Waals surface area contributed by atoms with E-state index >= 15 is 0 Å². The van der Waals surface area contributed by atoms with Crippen LogP contribution in [-0.2, 0) is 16.4 Å². The first-order chi connectivity index (χ1) is 9.42. The van der Waals surface area contributed by atoms with Gasteiger partial charge >= 0.3 is 0 Å². The predicted octanol–water partition coefficient (Wildman–Crippen LogP) is 2.77. The topological polar surface area (TPSA) is 72.2 Å². The summed E-state index contributed by atoms with van der Waals surface area (Å²) in [6.45, 7) is 1.94. The maximum absolute atomic E-state index is 12.8. The molecule has 2 rings (SSSR count). The van der Waals surface area contributed by atoms with Gasteiger partial charge in [0.25, 0.3) is 10.0 Å². The van der Waals surface area contributed by atoms with Crippen molar-refractivity contribution in [1.82, 2.24) is 0 Å². The molecule has 0 saturated heterocycles. The summed E-state index contributed by atoms with van der Waals surface area (Å²) in [5.74, 6) is -0.426. The first-order valence-electron chi connectivity index (χ1n) is 6.09. The molecule has 0 radical (unpaired) electrons. The number of hydrogen-bond acceptors (Lipinski definition) is 3. The van der Waals surface area contributed by atoms with E-state index in [-0.39, 0.29) is 4.90 Å². The third-order valence-electron chi connectivity index (χ3n) is 2.90. The Bertz CT molecular complexity index is 712. The number of hydrogen-bond donors (Lipinski definition) is 2. The lowest BCUT2D eigenvalue weighted by Crippen LogP contribution is -2.13. The van der Waals surface area contributed by atoms with E-state index in [4.69, 9.17) is 5.73 Å². The SMILES string of the molecule is CCc1ccc(S(=O)(=O)Nc2ccc(F)cc2)cc1N. The Kier molecular flexibility index (Phi) is 3.94. The maximum Gasteiger partial charge on any atom is 0.261 e. The van der Waals surface area contributed by atoms with Crippen molar-refractivity contribution in [3.05, 3.63) is 53.8 Å². The van der Waals surface area contributed by atoms with Crippen LogP contribution in [0.2, 0.25) is 0 Å². The van der Waals surface area contributed by atoms with Gasteiger partial charge in [-0.15, -0.1) is 0 Å². The highest BCUT2D eigenvalue weighted by molar-refractivity contribution is 7.92. The lowest BCUT2D eigenvalue weighted by molar-refractivity contribution is 0.601. The minimum Gasteiger partial charge on any atom is -0.398 e. The number of anilines is 2. The standard InChI is InChI=1S/C14H15FN2O2S/c1-2-10-3-8-13(9-14(10)16)20(18,19)17-12-6-4-11(15)5-7-12/h3-9,17H,2,16H2,1H3. The van der Waals surface area contributed by atoms with Crippen LogP contribution >= 0.6 is 0 Å². The third-order valence-corrected chi connectivity index (χ3v) is 4.28. The molecule has 0 fully saturated rings. The van der Waals surface area contributed by atoms with E-state index in [1.807, 2.05) is 6.92 Å². The van der Waals surface area contributed by atoms with Crippen molar-refractivity contribution in [2.75, 3.05) is 10.5 Å². The Labute approximate surface area is 117 Å². The van der Waals surface area contributed by atoms with Crippen LogP contribution in [0.3, 0.4) is 0 Å². The van der Waals surface area contributed by atoms with Crippen LogP contribution in [-0.4, -0.2) is 8.42 Å². The molecule has 0 bridgehead atoms. The summed E-state index contributed by atoms with van der Waals surface area (Å²) in [7, 11) is -3.73. The summed E-state index contributed by atoms with van der Waals surface area (Å²) in [6, 6.07) is 9.70. The lowest BCUT2D eigenvalue weighted by atomic mass is 10.1. The fourth-order valence-electron chi connectivity index (χ4n) is 1.79. The fraction of sp³-hybridized carbons (Fsp3) is 0.143. The molecule has 3 N–H and O–H groups in total. The largest absolute Gasteiger partial charge is 0.398 e. The predicted molar refractivity (Wildman–Crippen MR) is 77.4 cm³/mol. The van der Waals surface area contributed by atoms with Crippen molar-refractivity contribution in [3.8, 4) is 0 Å². The zero-order valence-corrected chi connectivity index (χ0v) is 11.7. The Morgan fingerprint density at radius 3 is 2.35 bits per heavy atom. The van der Waals surface area contributed by atoms with Crippen molar-refractivity contribution < 1.29 is 12.8 Å².